The minimum absolute atomic E-state index is 0.131. The van der Waals surface area contributed by atoms with Gasteiger partial charge in [0.05, 0.1) is 0 Å². The average molecular weight is 681 g/mol. The third kappa shape index (κ3) is 68.5. The van der Waals surface area contributed by atoms with E-state index in [0.29, 0.717) is 38.2 Å². The third-order valence-electron chi connectivity index (χ3n) is 5.36. The fraction of sp³-hybridized carbons (Fsp3) is 0.829. The number of hydrogen-bond acceptors (Lipinski definition) is 7. The fourth-order valence-electron chi connectivity index (χ4n) is 3.31. The molecule has 0 saturated carbocycles. The zero-order valence-corrected chi connectivity index (χ0v) is 32.6. The molecule has 0 aromatic rings. The summed E-state index contributed by atoms with van der Waals surface area (Å²) in [7, 11) is 0. The van der Waals surface area contributed by atoms with Crippen LogP contribution in [0.25, 0.3) is 0 Å². The molecule has 9 heteroatoms. The van der Waals surface area contributed by atoms with Gasteiger partial charge in [0.15, 0.2) is 0 Å². The van der Waals surface area contributed by atoms with Crippen molar-refractivity contribution in [1.82, 2.24) is 15.5 Å². The molecule has 0 aromatic heterocycles. The quantitative estimate of drug-likeness (QED) is 0.0371. The lowest BCUT2D eigenvalue weighted by Gasteiger charge is -2.21. The first-order valence-corrected chi connectivity index (χ1v) is 19.0. The van der Waals surface area contributed by atoms with E-state index >= 15 is 0 Å². The van der Waals surface area contributed by atoms with Crippen LogP contribution in [0.15, 0.2) is 24.8 Å². The van der Waals surface area contributed by atoms with Crippen molar-refractivity contribution in [3.63, 3.8) is 0 Å². The summed E-state index contributed by atoms with van der Waals surface area (Å²) >= 11 is 11.9. The predicted molar refractivity (Wildman–Crippen MR) is 211 cm³/mol. The molecule has 0 rings (SSSR count). The highest BCUT2D eigenvalue weighted by molar-refractivity contribution is 7.80. The second-order valence-electron chi connectivity index (χ2n) is 10.8. The summed E-state index contributed by atoms with van der Waals surface area (Å²) in [5.41, 5.74) is 6.12. The lowest BCUT2D eigenvalue weighted by Crippen LogP contribution is -2.32. The Labute approximate surface area is 292 Å². The minimum Gasteiger partial charge on any atom is -0.355 e. The van der Waals surface area contributed by atoms with E-state index in [1.807, 2.05) is 26.8 Å². The van der Waals surface area contributed by atoms with Gasteiger partial charge in [-0.25, -0.2) is 0 Å². The number of nitrogens with zero attached hydrogens (tertiary/aromatic N) is 1. The molecule has 0 heterocycles. The molecule has 0 bridgehead atoms. The van der Waals surface area contributed by atoms with Crippen molar-refractivity contribution in [3.8, 4) is 0 Å². The Bertz CT molecular complexity index is 576. The number of amides is 2. The predicted octanol–water partition coefficient (Wildman–Crippen LogP) is 8.54. The first kappa shape index (κ1) is 52.9. The Morgan fingerprint density at radius 3 is 1.48 bits per heavy atom. The molecular formula is C35H76N4O2S3. The van der Waals surface area contributed by atoms with Crippen LogP contribution >= 0.6 is 37.9 Å². The Morgan fingerprint density at radius 2 is 1.11 bits per heavy atom. The Morgan fingerprint density at radius 1 is 0.705 bits per heavy atom. The molecule has 266 valence electrons. The maximum absolute atomic E-state index is 11.7. The van der Waals surface area contributed by atoms with Crippen molar-refractivity contribution in [2.75, 3.05) is 56.5 Å². The molecule has 0 spiro atoms. The van der Waals surface area contributed by atoms with Crippen molar-refractivity contribution in [3.05, 3.63) is 24.8 Å². The summed E-state index contributed by atoms with van der Waals surface area (Å²) in [5, 5.41) is 5.60. The van der Waals surface area contributed by atoms with E-state index in [-0.39, 0.29) is 11.8 Å². The number of hydrogen-bond donors (Lipinski definition) is 6. The topological polar surface area (TPSA) is 87.5 Å². The van der Waals surface area contributed by atoms with E-state index in [9.17, 15) is 9.59 Å². The molecule has 2 amide bonds. The van der Waals surface area contributed by atoms with Gasteiger partial charge in [-0.15, -0.1) is 13.2 Å². The molecule has 44 heavy (non-hydrogen) atoms. The van der Waals surface area contributed by atoms with Gasteiger partial charge >= 0.3 is 0 Å². The summed E-state index contributed by atoms with van der Waals surface area (Å²) in [4.78, 5) is 24.8. The monoisotopic (exact) mass is 681 g/mol. The third-order valence-corrected chi connectivity index (χ3v) is 6.06. The van der Waals surface area contributed by atoms with Crippen molar-refractivity contribution in [1.29, 1.82) is 0 Å². The first-order chi connectivity index (χ1) is 21.1. The highest BCUT2D eigenvalue weighted by Crippen LogP contribution is 2.10. The summed E-state index contributed by atoms with van der Waals surface area (Å²) in [6.07, 6.45) is 18.5. The zero-order valence-electron chi connectivity index (χ0n) is 29.9. The lowest BCUT2D eigenvalue weighted by molar-refractivity contribution is -0.122. The molecule has 0 radical (unpaired) electrons. The lowest BCUT2D eigenvalue weighted by atomic mass is 10.1. The number of thiol groups is 3. The highest BCUT2D eigenvalue weighted by Gasteiger charge is 2.07. The zero-order chi connectivity index (χ0) is 34.7. The number of carbonyl (C=O) groups excluding carboxylic acids is 2. The van der Waals surface area contributed by atoms with Crippen LogP contribution in [0.3, 0.4) is 0 Å². The van der Waals surface area contributed by atoms with Crippen molar-refractivity contribution < 1.29 is 9.59 Å². The van der Waals surface area contributed by atoms with Crippen LogP contribution in [0.2, 0.25) is 0 Å². The van der Waals surface area contributed by atoms with Crippen LogP contribution in [0.5, 0.6) is 0 Å². The molecule has 0 aliphatic rings. The van der Waals surface area contributed by atoms with Crippen molar-refractivity contribution in [2.45, 2.75) is 131 Å². The maximum atomic E-state index is 11.7. The van der Waals surface area contributed by atoms with E-state index in [0.717, 1.165) is 44.0 Å². The van der Waals surface area contributed by atoms with Gasteiger partial charge in [0, 0.05) is 62.8 Å². The fourth-order valence-corrected chi connectivity index (χ4v) is 3.53. The van der Waals surface area contributed by atoms with Gasteiger partial charge in [-0.3, -0.25) is 9.59 Å². The number of rotatable bonds is 23. The van der Waals surface area contributed by atoms with Crippen LogP contribution in [-0.2, 0) is 9.59 Å². The Hall–Kier alpha value is -0.610. The van der Waals surface area contributed by atoms with Crippen molar-refractivity contribution >= 4 is 49.7 Å². The molecular weight excluding hydrogens is 605 g/mol. The normalized spacial score (nSPS) is 9.52. The SMILES string of the molecule is C=C(C)C.C=CCCN(CCCCCCCCCCC)CCC(=O)NCCS.CCC.CCCC(=O)NCCS.NCCS. The Balaban J connectivity index is -0.000000205. The molecule has 0 aliphatic carbocycles. The molecule has 0 unspecified atom stereocenters. The van der Waals surface area contributed by atoms with Gasteiger partial charge in [0.25, 0.3) is 0 Å². The highest BCUT2D eigenvalue weighted by atomic mass is 32.1. The molecule has 0 aliphatic heterocycles. The largest absolute Gasteiger partial charge is 0.355 e. The molecule has 0 saturated heterocycles. The number of carbonyl (C=O) groups is 2. The first-order valence-electron chi connectivity index (χ1n) is 17.1. The van der Waals surface area contributed by atoms with E-state index in [4.69, 9.17) is 5.73 Å². The molecule has 0 atom stereocenters. The van der Waals surface area contributed by atoms with Gasteiger partial charge in [-0.1, -0.05) is 97.1 Å². The minimum atomic E-state index is 0.131. The van der Waals surface area contributed by atoms with Gasteiger partial charge < -0.3 is 21.3 Å². The second-order valence-corrected chi connectivity index (χ2v) is 12.2. The van der Waals surface area contributed by atoms with Gasteiger partial charge in [-0.2, -0.15) is 37.9 Å². The van der Waals surface area contributed by atoms with Gasteiger partial charge in [0.1, 0.15) is 0 Å². The summed E-state index contributed by atoms with van der Waals surface area (Å²) in [6, 6.07) is 0. The molecule has 4 N–H and O–H groups in total. The molecule has 6 nitrogen and oxygen atoms in total. The smallest absolute Gasteiger partial charge is 0.221 e. The second kappa shape index (κ2) is 51.9. The van der Waals surface area contributed by atoms with Crippen LogP contribution in [0.1, 0.15) is 131 Å². The van der Waals surface area contributed by atoms with E-state index < -0.39 is 0 Å². The van der Waals surface area contributed by atoms with Crippen LogP contribution in [0, 0.1) is 0 Å². The standard InChI is InChI=1S/C20H40N2OS.C6H13NOS.C4H8.C3H8.C2H7NS/c1-3-5-7-8-9-10-11-12-13-17-22(16-6-4-2)18-14-20(23)21-15-19-24;1-2-3-6(8)7-4-5-9;1-4(2)3;1-3-2;3-1-2-4/h4,24H,2-3,5-19H2,1H3,(H,21,23);9H,2-5H2,1H3,(H,7,8);1H2,2-3H3;3H2,1-2H3;4H,1-3H2. The summed E-state index contributed by atoms with van der Waals surface area (Å²) in [5.74, 6) is 2.48. The van der Waals surface area contributed by atoms with E-state index in [1.165, 1.54) is 69.8 Å². The molecule has 0 aromatic carbocycles. The Kier molecular flexibility index (Phi) is 62.5. The average Bonchev–Trinajstić information content (AvgIpc) is 2.99. The summed E-state index contributed by atoms with van der Waals surface area (Å²) < 4.78 is 0. The van der Waals surface area contributed by atoms with Crippen LogP contribution in [0.4, 0.5) is 0 Å². The van der Waals surface area contributed by atoms with Crippen LogP contribution in [-0.4, -0.2) is 73.2 Å². The van der Waals surface area contributed by atoms with E-state index in [2.05, 4.69) is 87.3 Å². The van der Waals surface area contributed by atoms with Crippen molar-refractivity contribution in [2.24, 2.45) is 5.73 Å². The number of nitrogens with one attached hydrogen (secondary N) is 2. The summed E-state index contributed by atoms with van der Waals surface area (Å²) in [6.45, 7) is 24.8. The van der Waals surface area contributed by atoms with Gasteiger partial charge in [-0.05, 0) is 39.7 Å². The van der Waals surface area contributed by atoms with E-state index in [1.54, 1.807) is 0 Å². The number of unbranched alkanes of at least 4 members (excludes halogenated alkanes) is 8. The number of nitrogens with two attached hydrogens (primary N) is 1. The molecule has 0 fully saturated rings. The maximum Gasteiger partial charge on any atom is 0.221 e. The van der Waals surface area contributed by atoms with Crippen LogP contribution < -0.4 is 16.4 Å². The number of allylic oxidation sites excluding steroid dienone is 1. The van der Waals surface area contributed by atoms with Gasteiger partial charge in [0.2, 0.25) is 11.8 Å².